The lowest BCUT2D eigenvalue weighted by molar-refractivity contribution is -0.299. The molecule has 0 amide bonds. The topological polar surface area (TPSA) is 29.5 Å². The lowest BCUT2D eigenvalue weighted by Gasteiger charge is -2.29. The van der Waals surface area contributed by atoms with Crippen LogP contribution in [0, 0.1) is 23.7 Å². The first-order chi connectivity index (χ1) is 5.38. The van der Waals surface area contributed by atoms with Crippen molar-refractivity contribution in [1.29, 1.82) is 0 Å². The average Bonchev–Trinajstić information content (AvgIpc) is 2.40. The van der Waals surface area contributed by atoms with Crippen LogP contribution >= 0.6 is 0 Å². The van der Waals surface area contributed by atoms with Gasteiger partial charge in [-0.25, -0.2) is 4.89 Å². The smallest absolute Gasteiger partial charge is 0.0986 e. The van der Waals surface area contributed by atoms with Crippen LogP contribution in [0.25, 0.3) is 0 Å². The van der Waals surface area contributed by atoms with Gasteiger partial charge in [-0.15, -0.1) is 0 Å². The van der Waals surface area contributed by atoms with E-state index in [-0.39, 0.29) is 6.10 Å². The molecule has 4 rings (SSSR count). The van der Waals surface area contributed by atoms with Gasteiger partial charge in [0.1, 0.15) is 0 Å². The van der Waals surface area contributed by atoms with Crippen molar-refractivity contribution in [3.8, 4) is 0 Å². The Balaban J connectivity index is 1.91. The van der Waals surface area contributed by atoms with Crippen LogP contribution in [0.4, 0.5) is 0 Å². The summed E-state index contributed by atoms with van der Waals surface area (Å²) in [5.74, 6) is 3.29. The largest absolute Gasteiger partial charge is 0.252 e. The molecule has 0 radical (unpaired) electrons. The first-order valence-electron chi connectivity index (χ1n) is 4.68. The first-order valence-corrected chi connectivity index (χ1v) is 4.68. The van der Waals surface area contributed by atoms with Gasteiger partial charge in [0, 0.05) is 0 Å². The fourth-order valence-electron chi connectivity index (χ4n) is 3.84. The van der Waals surface area contributed by atoms with Gasteiger partial charge in [0.2, 0.25) is 0 Å². The van der Waals surface area contributed by atoms with Crippen LogP contribution in [0.3, 0.4) is 0 Å². The Labute approximate surface area is 66.5 Å². The minimum absolute atomic E-state index is 0.207. The Morgan fingerprint density at radius 2 is 1.82 bits per heavy atom. The molecule has 11 heavy (non-hydrogen) atoms. The van der Waals surface area contributed by atoms with E-state index in [1.54, 1.807) is 0 Å². The molecule has 4 aliphatic carbocycles. The molecule has 0 heterocycles. The van der Waals surface area contributed by atoms with Crippen molar-refractivity contribution in [3.05, 3.63) is 0 Å². The number of hydrogen-bond acceptors (Lipinski definition) is 2. The molecule has 0 aromatic rings. The van der Waals surface area contributed by atoms with Gasteiger partial charge in [-0.05, 0) is 49.4 Å². The van der Waals surface area contributed by atoms with Crippen LogP contribution in [-0.4, -0.2) is 11.4 Å². The highest BCUT2D eigenvalue weighted by Crippen LogP contribution is 2.58. The standard InChI is InChI=1S/C9H14O2/c10-11-9-7-2-5-1-6(4-7)8(9)3-5/h5-10H,1-4H2. The molecule has 0 saturated heterocycles. The van der Waals surface area contributed by atoms with Crippen LogP contribution in [0.2, 0.25) is 0 Å². The van der Waals surface area contributed by atoms with Gasteiger partial charge in [-0.1, -0.05) is 0 Å². The van der Waals surface area contributed by atoms with E-state index in [2.05, 4.69) is 4.89 Å². The Hall–Kier alpha value is -0.0800. The maximum Gasteiger partial charge on any atom is 0.0986 e. The summed E-state index contributed by atoms with van der Waals surface area (Å²) in [7, 11) is 0. The second kappa shape index (κ2) is 1.99. The highest BCUT2D eigenvalue weighted by Gasteiger charge is 2.54. The fourth-order valence-corrected chi connectivity index (χ4v) is 3.84. The van der Waals surface area contributed by atoms with Gasteiger partial charge >= 0.3 is 0 Å². The molecular formula is C9H14O2. The molecule has 0 spiro atoms. The minimum atomic E-state index is 0.207. The molecule has 4 aliphatic rings. The Kier molecular flexibility index (Phi) is 1.16. The second-order valence-corrected chi connectivity index (χ2v) is 4.56. The molecule has 2 nitrogen and oxygen atoms in total. The third-order valence-corrected chi connectivity index (χ3v) is 4.10. The Morgan fingerprint density at radius 1 is 1.00 bits per heavy atom. The molecule has 0 aliphatic heterocycles. The van der Waals surface area contributed by atoms with E-state index in [1.807, 2.05) is 0 Å². The molecule has 5 atom stereocenters. The average molecular weight is 154 g/mol. The van der Waals surface area contributed by atoms with Crippen LogP contribution < -0.4 is 0 Å². The normalized spacial score (nSPS) is 59.2. The van der Waals surface area contributed by atoms with Crippen molar-refractivity contribution in [2.45, 2.75) is 31.8 Å². The molecular weight excluding hydrogens is 140 g/mol. The summed E-state index contributed by atoms with van der Waals surface area (Å²) in [5.41, 5.74) is 0. The van der Waals surface area contributed by atoms with Crippen molar-refractivity contribution in [2.24, 2.45) is 23.7 Å². The summed E-state index contributed by atoms with van der Waals surface area (Å²) < 4.78 is 0. The lowest BCUT2D eigenvalue weighted by atomic mass is 9.80. The zero-order valence-corrected chi connectivity index (χ0v) is 6.57. The van der Waals surface area contributed by atoms with Gasteiger partial charge < -0.3 is 0 Å². The third kappa shape index (κ3) is 0.695. The summed E-state index contributed by atoms with van der Waals surface area (Å²) >= 11 is 0. The third-order valence-electron chi connectivity index (χ3n) is 4.10. The lowest BCUT2D eigenvalue weighted by Crippen LogP contribution is -2.29. The van der Waals surface area contributed by atoms with Crippen LogP contribution in [0.1, 0.15) is 25.7 Å². The van der Waals surface area contributed by atoms with Crippen LogP contribution in [0.15, 0.2) is 0 Å². The molecule has 5 unspecified atom stereocenters. The zero-order chi connectivity index (χ0) is 7.42. The molecule has 62 valence electrons. The Morgan fingerprint density at radius 3 is 2.55 bits per heavy atom. The monoisotopic (exact) mass is 154 g/mol. The first kappa shape index (κ1) is 6.44. The molecule has 0 aromatic carbocycles. The predicted octanol–water partition coefficient (Wildman–Crippen LogP) is 1.91. The molecule has 4 fully saturated rings. The summed E-state index contributed by atoms with van der Waals surface area (Å²) in [6.07, 6.45) is 5.59. The Bertz CT molecular complexity index is 176. The van der Waals surface area contributed by atoms with Crippen molar-refractivity contribution >= 4 is 0 Å². The highest BCUT2D eigenvalue weighted by atomic mass is 17.1. The van der Waals surface area contributed by atoms with Crippen molar-refractivity contribution in [2.75, 3.05) is 0 Å². The van der Waals surface area contributed by atoms with E-state index in [9.17, 15) is 0 Å². The summed E-state index contributed by atoms with van der Waals surface area (Å²) in [5, 5.41) is 8.71. The van der Waals surface area contributed by atoms with Gasteiger partial charge in [0.25, 0.3) is 0 Å². The van der Waals surface area contributed by atoms with Crippen LogP contribution in [0.5, 0.6) is 0 Å². The summed E-state index contributed by atoms with van der Waals surface area (Å²) in [6.45, 7) is 0. The van der Waals surface area contributed by atoms with Crippen molar-refractivity contribution in [1.82, 2.24) is 0 Å². The molecule has 2 heteroatoms. The van der Waals surface area contributed by atoms with E-state index in [4.69, 9.17) is 5.26 Å². The summed E-state index contributed by atoms with van der Waals surface area (Å²) in [4.78, 5) is 4.58. The van der Waals surface area contributed by atoms with E-state index in [0.29, 0.717) is 11.8 Å². The second-order valence-electron chi connectivity index (χ2n) is 4.56. The number of rotatable bonds is 1. The number of hydrogen-bond donors (Lipinski definition) is 1. The van der Waals surface area contributed by atoms with Crippen molar-refractivity contribution in [3.63, 3.8) is 0 Å². The van der Waals surface area contributed by atoms with Gasteiger partial charge in [-0.2, -0.15) is 0 Å². The molecule has 0 aromatic heterocycles. The van der Waals surface area contributed by atoms with Gasteiger partial charge in [0.05, 0.1) is 6.10 Å². The van der Waals surface area contributed by atoms with E-state index in [0.717, 1.165) is 11.8 Å². The van der Waals surface area contributed by atoms with Gasteiger partial charge in [0.15, 0.2) is 0 Å². The van der Waals surface area contributed by atoms with Crippen molar-refractivity contribution < 1.29 is 10.1 Å². The molecule has 4 bridgehead atoms. The minimum Gasteiger partial charge on any atom is -0.252 e. The highest BCUT2D eigenvalue weighted by molar-refractivity contribution is 5.03. The fraction of sp³-hybridized carbons (Fsp3) is 1.00. The van der Waals surface area contributed by atoms with Gasteiger partial charge in [-0.3, -0.25) is 5.26 Å². The zero-order valence-electron chi connectivity index (χ0n) is 6.57. The SMILES string of the molecule is OOC1C2CC3CC(C2)C1C3. The predicted molar refractivity (Wildman–Crippen MR) is 39.9 cm³/mol. The quantitative estimate of drug-likeness (QED) is 0.462. The van der Waals surface area contributed by atoms with Crippen LogP contribution in [-0.2, 0) is 4.89 Å². The van der Waals surface area contributed by atoms with E-state index >= 15 is 0 Å². The maximum absolute atomic E-state index is 8.71. The molecule has 4 saturated carbocycles. The summed E-state index contributed by atoms with van der Waals surface area (Å²) in [6, 6.07) is 0. The maximum atomic E-state index is 8.71. The molecule has 1 N–H and O–H groups in total. The van der Waals surface area contributed by atoms with E-state index < -0.39 is 0 Å². The van der Waals surface area contributed by atoms with E-state index in [1.165, 1.54) is 25.7 Å².